The molecular weight excluding hydrogens is 483 g/mol. The smallest absolute Gasteiger partial charge is 0.167 e. The molecule has 0 nitrogen and oxygen atoms in total. The lowest BCUT2D eigenvalue weighted by molar-refractivity contribution is 0.212. The molecule has 1 atom stereocenters. The lowest BCUT2D eigenvalue weighted by atomic mass is 9.71. The van der Waals surface area contributed by atoms with Gasteiger partial charge in [-0.1, -0.05) is 67.0 Å². The van der Waals surface area contributed by atoms with Crippen molar-refractivity contribution in [1.29, 1.82) is 0 Å². The van der Waals surface area contributed by atoms with E-state index >= 15 is 8.78 Å². The summed E-state index contributed by atoms with van der Waals surface area (Å²) in [6.45, 7) is 3.93. The first kappa shape index (κ1) is 26.5. The molecule has 5 heteroatoms. The molecule has 38 heavy (non-hydrogen) atoms. The highest BCUT2D eigenvalue weighted by Crippen LogP contribution is 2.42. The number of benzene rings is 3. The number of rotatable bonds is 6. The number of halogens is 4. The van der Waals surface area contributed by atoms with E-state index in [9.17, 15) is 8.78 Å². The van der Waals surface area contributed by atoms with Crippen LogP contribution >= 0.6 is 0 Å². The third-order valence-corrected chi connectivity index (χ3v) is 8.59. The Bertz CT molecular complexity index is 1350. The van der Waals surface area contributed by atoms with Gasteiger partial charge in [0.15, 0.2) is 23.3 Å². The number of hydrogen-bond acceptors (Lipinski definition) is 0. The molecule has 0 saturated heterocycles. The SMILES string of the molecule is [B]Cc1ccc(-c2ccc(-c3ccc(C4=CCC(C5CCC(C=C)CC5)CC4)c(F)c3F)cc2)c(F)c1F. The van der Waals surface area contributed by atoms with Crippen molar-refractivity contribution >= 4 is 13.4 Å². The Kier molecular flexibility index (Phi) is 7.92. The fourth-order valence-corrected chi connectivity index (χ4v) is 6.20. The van der Waals surface area contributed by atoms with Crippen LogP contribution in [0.2, 0.25) is 0 Å². The molecule has 194 valence electrons. The Hall–Kier alpha value is -3.08. The Balaban J connectivity index is 1.32. The van der Waals surface area contributed by atoms with Gasteiger partial charge in [0.2, 0.25) is 0 Å². The van der Waals surface area contributed by atoms with Crippen molar-refractivity contribution in [2.45, 2.75) is 51.3 Å². The van der Waals surface area contributed by atoms with Gasteiger partial charge in [-0.2, -0.15) is 0 Å². The Labute approximate surface area is 223 Å². The summed E-state index contributed by atoms with van der Waals surface area (Å²) in [4.78, 5) is 0. The summed E-state index contributed by atoms with van der Waals surface area (Å²) in [7, 11) is 5.44. The molecular formula is C33H31BF4. The monoisotopic (exact) mass is 514 g/mol. The molecule has 0 heterocycles. The molecule has 3 aromatic rings. The average Bonchev–Trinajstić information content (AvgIpc) is 2.96. The van der Waals surface area contributed by atoms with E-state index in [0.717, 1.165) is 24.8 Å². The zero-order valence-electron chi connectivity index (χ0n) is 21.5. The van der Waals surface area contributed by atoms with Gasteiger partial charge in [0.1, 0.15) is 0 Å². The van der Waals surface area contributed by atoms with E-state index in [2.05, 4.69) is 18.7 Å². The summed E-state index contributed by atoms with van der Waals surface area (Å²) in [5.74, 6) is -1.73. The molecule has 5 rings (SSSR count). The minimum absolute atomic E-state index is 0.0875. The van der Waals surface area contributed by atoms with E-state index in [0.29, 0.717) is 34.4 Å². The topological polar surface area (TPSA) is 0 Å². The predicted octanol–water partition coefficient (Wildman–Crippen LogP) is 9.42. The molecule has 2 aliphatic rings. The van der Waals surface area contributed by atoms with Crippen LogP contribution in [0.1, 0.15) is 56.1 Å². The second kappa shape index (κ2) is 11.3. The van der Waals surface area contributed by atoms with Crippen molar-refractivity contribution in [1.82, 2.24) is 0 Å². The van der Waals surface area contributed by atoms with Gasteiger partial charge >= 0.3 is 0 Å². The summed E-state index contributed by atoms with van der Waals surface area (Å²) in [5.41, 5.74) is 2.42. The molecule has 1 fully saturated rings. The van der Waals surface area contributed by atoms with Crippen LogP contribution in [0.15, 0.2) is 67.3 Å². The van der Waals surface area contributed by atoms with E-state index in [-0.39, 0.29) is 23.0 Å². The first-order valence-corrected chi connectivity index (χ1v) is 13.5. The lowest BCUT2D eigenvalue weighted by Gasteiger charge is -2.34. The molecule has 0 N–H and O–H groups in total. The summed E-state index contributed by atoms with van der Waals surface area (Å²) in [5, 5.41) is 0. The summed E-state index contributed by atoms with van der Waals surface area (Å²) >= 11 is 0. The van der Waals surface area contributed by atoms with Gasteiger partial charge in [-0.3, -0.25) is 0 Å². The Morgan fingerprint density at radius 2 is 1.24 bits per heavy atom. The second-order valence-corrected chi connectivity index (χ2v) is 10.6. The summed E-state index contributed by atoms with van der Waals surface area (Å²) in [6, 6.07) is 12.5. The molecule has 1 saturated carbocycles. The maximum atomic E-state index is 15.3. The minimum atomic E-state index is -0.977. The third-order valence-electron chi connectivity index (χ3n) is 8.59. The highest BCUT2D eigenvalue weighted by atomic mass is 19.2. The van der Waals surface area contributed by atoms with Gasteiger partial charge in [-0.25, -0.2) is 17.6 Å². The van der Waals surface area contributed by atoms with E-state index in [1.54, 1.807) is 36.4 Å². The highest BCUT2D eigenvalue weighted by Gasteiger charge is 2.29. The van der Waals surface area contributed by atoms with Crippen molar-refractivity contribution in [3.8, 4) is 22.3 Å². The predicted molar refractivity (Wildman–Crippen MR) is 148 cm³/mol. The molecule has 0 aliphatic heterocycles. The standard InChI is InChI=1S/C33H31BF4/c1-2-20-3-5-21(6-4-20)22-7-9-23(10-8-22)28-17-18-29(33(38)32(28)37)25-13-11-24(12-14-25)27-16-15-26(19-34)30(35)31(27)36/h2,9,11-18,20-22H,1,3-8,10,19H2. The van der Waals surface area contributed by atoms with Crippen molar-refractivity contribution < 1.29 is 17.6 Å². The van der Waals surface area contributed by atoms with E-state index in [1.165, 1.54) is 37.8 Å². The van der Waals surface area contributed by atoms with Gasteiger partial charge < -0.3 is 0 Å². The molecule has 3 aromatic carbocycles. The fourth-order valence-electron chi connectivity index (χ4n) is 6.20. The van der Waals surface area contributed by atoms with Crippen molar-refractivity contribution in [3.63, 3.8) is 0 Å². The van der Waals surface area contributed by atoms with E-state index < -0.39 is 23.3 Å². The number of hydrogen-bond donors (Lipinski definition) is 0. The highest BCUT2D eigenvalue weighted by molar-refractivity contribution is 6.08. The second-order valence-electron chi connectivity index (χ2n) is 10.6. The lowest BCUT2D eigenvalue weighted by Crippen LogP contribution is -2.22. The Morgan fingerprint density at radius 1 is 0.684 bits per heavy atom. The quantitative estimate of drug-likeness (QED) is 0.175. The van der Waals surface area contributed by atoms with Gasteiger partial charge in [0, 0.05) is 16.7 Å². The van der Waals surface area contributed by atoms with Crippen LogP contribution in [-0.2, 0) is 6.32 Å². The maximum absolute atomic E-state index is 15.3. The molecule has 1 unspecified atom stereocenters. The summed E-state index contributed by atoms with van der Waals surface area (Å²) in [6.07, 6.45) is 11.6. The van der Waals surface area contributed by atoms with Crippen LogP contribution in [0, 0.1) is 41.0 Å². The van der Waals surface area contributed by atoms with Gasteiger partial charge in [0.25, 0.3) is 0 Å². The molecule has 2 aliphatic carbocycles. The third kappa shape index (κ3) is 5.12. The zero-order chi connectivity index (χ0) is 26.8. The van der Waals surface area contributed by atoms with Crippen molar-refractivity contribution in [2.24, 2.45) is 17.8 Å². The zero-order valence-corrected chi connectivity index (χ0v) is 21.5. The largest absolute Gasteiger partial charge is 0.203 e. The molecule has 2 radical (unpaired) electrons. The van der Waals surface area contributed by atoms with Gasteiger partial charge in [-0.15, -0.1) is 6.58 Å². The van der Waals surface area contributed by atoms with Crippen LogP contribution in [0.4, 0.5) is 17.6 Å². The molecule has 0 spiro atoms. The van der Waals surface area contributed by atoms with Crippen LogP contribution in [0.25, 0.3) is 27.8 Å². The van der Waals surface area contributed by atoms with Crippen LogP contribution < -0.4 is 0 Å². The van der Waals surface area contributed by atoms with Crippen LogP contribution in [0.5, 0.6) is 0 Å². The van der Waals surface area contributed by atoms with E-state index in [4.69, 9.17) is 7.85 Å². The van der Waals surface area contributed by atoms with Crippen molar-refractivity contribution in [3.05, 3.63) is 102 Å². The maximum Gasteiger partial charge on any atom is 0.167 e. The van der Waals surface area contributed by atoms with Crippen LogP contribution in [-0.4, -0.2) is 7.85 Å². The number of allylic oxidation sites excluding steroid dienone is 3. The normalized spacial score (nSPS) is 21.7. The van der Waals surface area contributed by atoms with Gasteiger partial charge in [-0.05, 0) is 85.0 Å². The summed E-state index contributed by atoms with van der Waals surface area (Å²) < 4.78 is 59.2. The average molecular weight is 514 g/mol. The fraction of sp³-hybridized carbons (Fsp3) is 0.333. The molecule has 0 bridgehead atoms. The Morgan fingerprint density at radius 3 is 1.79 bits per heavy atom. The molecule has 0 aromatic heterocycles. The first-order chi connectivity index (χ1) is 18.4. The van der Waals surface area contributed by atoms with Crippen molar-refractivity contribution in [2.75, 3.05) is 0 Å². The minimum Gasteiger partial charge on any atom is -0.203 e. The van der Waals surface area contributed by atoms with Gasteiger partial charge in [0.05, 0.1) is 7.85 Å². The first-order valence-electron chi connectivity index (χ1n) is 13.5. The molecule has 0 amide bonds. The van der Waals surface area contributed by atoms with Crippen LogP contribution in [0.3, 0.4) is 0 Å². The van der Waals surface area contributed by atoms with E-state index in [1.807, 2.05) is 0 Å².